The molecule has 2 aromatic rings. The molecule has 2 aliphatic heterocycles. The monoisotopic (exact) mass is 497 g/mol. The van der Waals surface area contributed by atoms with Crippen molar-refractivity contribution in [2.75, 3.05) is 63.8 Å². The van der Waals surface area contributed by atoms with Crippen molar-refractivity contribution in [3.8, 4) is 0 Å². The van der Waals surface area contributed by atoms with Crippen LogP contribution in [0.2, 0.25) is 10.0 Å². The first kappa shape index (κ1) is 23.3. The molecular weight excluding hydrogens is 473 g/mol. The molecule has 172 valence electrons. The smallest absolute Gasteiger partial charge is 0.243 e. The fourth-order valence-corrected chi connectivity index (χ4v) is 5.57. The van der Waals surface area contributed by atoms with E-state index in [2.05, 4.69) is 14.8 Å². The zero-order valence-electron chi connectivity index (χ0n) is 17.5. The second kappa shape index (κ2) is 9.93. The zero-order chi connectivity index (χ0) is 22.7. The van der Waals surface area contributed by atoms with Gasteiger partial charge in [0, 0.05) is 63.6 Å². The number of carbonyl (C=O) groups excluding carboxylic acids is 1. The Hall–Kier alpha value is -1.91. The minimum absolute atomic E-state index is 0.0339. The van der Waals surface area contributed by atoms with Crippen molar-refractivity contribution in [1.82, 2.24) is 19.1 Å². The molecule has 2 aliphatic rings. The number of anilines is 1. The van der Waals surface area contributed by atoms with E-state index >= 15 is 0 Å². The number of halogens is 2. The molecule has 2 fully saturated rings. The van der Waals surface area contributed by atoms with E-state index in [9.17, 15) is 13.2 Å². The molecule has 3 heterocycles. The first-order valence-electron chi connectivity index (χ1n) is 10.5. The Kier molecular flexibility index (Phi) is 7.21. The molecule has 32 heavy (non-hydrogen) atoms. The first-order chi connectivity index (χ1) is 15.3. The van der Waals surface area contributed by atoms with Crippen molar-refractivity contribution < 1.29 is 13.2 Å². The number of carbonyl (C=O) groups is 1. The van der Waals surface area contributed by atoms with Gasteiger partial charge in [0.2, 0.25) is 15.9 Å². The summed E-state index contributed by atoms with van der Waals surface area (Å²) in [7, 11) is -3.58. The third-order valence-corrected chi connectivity index (χ3v) is 8.20. The van der Waals surface area contributed by atoms with E-state index in [1.165, 1.54) is 16.4 Å². The second-order valence-electron chi connectivity index (χ2n) is 7.84. The maximum atomic E-state index is 12.8. The van der Waals surface area contributed by atoms with E-state index in [1.54, 1.807) is 23.2 Å². The maximum Gasteiger partial charge on any atom is 0.243 e. The lowest BCUT2D eigenvalue weighted by atomic mass is 10.3. The van der Waals surface area contributed by atoms with E-state index in [0.29, 0.717) is 29.7 Å². The van der Waals surface area contributed by atoms with Crippen molar-refractivity contribution in [2.24, 2.45) is 0 Å². The van der Waals surface area contributed by atoms with Crippen LogP contribution in [-0.2, 0) is 14.8 Å². The lowest BCUT2D eigenvalue weighted by molar-refractivity contribution is -0.133. The number of piperazine rings is 2. The molecule has 0 N–H and O–H groups in total. The van der Waals surface area contributed by atoms with Gasteiger partial charge in [-0.3, -0.25) is 9.69 Å². The van der Waals surface area contributed by atoms with Gasteiger partial charge >= 0.3 is 0 Å². The molecule has 0 unspecified atom stereocenters. The molecule has 2 saturated heterocycles. The summed E-state index contributed by atoms with van der Waals surface area (Å²) < 4.78 is 27.1. The Morgan fingerprint density at radius 2 is 1.47 bits per heavy atom. The average Bonchev–Trinajstić information content (AvgIpc) is 2.80. The van der Waals surface area contributed by atoms with Crippen molar-refractivity contribution in [3.63, 3.8) is 0 Å². The third-order valence-electron chi connectivity index (χ3n) is 5.81. The number of sulfonamides is 1. The lowest BCUT2D eigenvalue weighted by Crippen LogP contribution is -2.54. The summed E-state index contributed by atoms with van der Waals surface area (Å²) in [5.41, 5.74) is 0. The number of hydrogen-bond donors (Lipinski definition) is 0. The predicted octanol–water partition coefficient (Wildman–Crippen LogP) is 2.04. The lowest BCUT2D eigenvalue weighted by Gasteiger charge is -2.38. The normalized spacial score (nSPS) is 18.7. The maximum absolute atomic E-state index is 12.8. The number of amides is 1. The number of aromatic nitrogens is 1. The largest absolute Gasteiger partial charge is 0.354 e. The van der Waals surface area contributed by atoms with Gasteiger partial charge in [-0.05, 0) is 36.4 Å². The fraction of sp³-hybridized carbons (Fsp3) is 0.429. The number of pyridine rings is 1. The highest BCUT2D eigenvalue weighted by Crippen LogP contribution is 2.20. The molecule has 8 nitrogen and oxygen atoms in total. The van der Waals surface area contributed by atoms with Crippen molar-refractivity contribution in [2.45, 2.75) is 4.90 Å². The highest BCUT2D eigenvalue weighted by atomic mass is 35.5. The van der Waals surface area contributed by atoms with Crippen molar-refractivity contribution in [1.29, 1.82) is 0 Å². The van der Waals surface area contributed by atoms with Crippen molar-refractivity contribution in [3.05, 3.63) is 52.6 Å². The van der Waals surface area contributed by atoms with Crippen LogP contribution in [0, 0.1) is 0 Å². The Labute approximate surface area is 198 Å². The molecule has 1 aromatic heterocycles. The fourth-order valence-electron chi connectivity index (χ4n) is 3.91. The van der Waals surface area contributed by atoms with Gasteiger partial charge in [-0.1, -0.05) is 23.2 Å². The van der Waals surface area contributed by atoms with Gasteiger partial charge in [-0.25, -0.2) is 13.4 Å². The van der Waals surface area contributed by atoms with Gasteiger partial charge in [0.05, 0.1) is 16.5 Å². The third kappa shape index (κ3) is 5.35. The minimum Gasteiger partial charge on any atom is -0.354 e. The van der Waals surface area contributed by atoms with Crippen molar-refractivity contribution >= 4 is 45.0 Å². The number of benzene rings is 1. The zero-order valence-corrected chi connectivity index (χ0v) is 19.9. The van der Waals surface area contributed by atoms with Crippen LogP contribution in [-0.4, -0.2) is 92.3 Å². The van der Waals surface area contributed by atoms with Crippen LogP contribution in [0.1, 0.15) is 0 Å². The van der Waals surface area contributed by atoms with E-state index < -0.39 is 10.0 Å². The second-order valence-corrected chi connectivity index (χ2v) is 10.6. The Morgan fingerprint density at radius 1 is 0.844 bits per heavy atom. The number of nitrogens with zero attached hydrogens (tertiary/aromatic N) is 5. The molecule has 0 spiro atoms. The Morgan fingerprint density at radius 3 is 2.06 bits per heavy atom. The Balaban J connectivity index is 1.25. The molecule has 4 rings (SSSR count). The summed E-state index contributed by atoms with van der Waals surface area (Å²) in [6.45, 7) is 4.79. The molecule has 1 aromatic carbocycles. The summed E-state index contributed by atoms with van der Waals surface area (Å²) in [6.07, 6.45) is 1.64. The standard InChI is InChI=1S/C21H25Cl2N5O3S/c22-17-1-4-19(5-2-17)32(30,31)28-13-11-27(12-14-28)21(29)16-25-7-9-26(10-8-25)20-6-3-18(23)15-24-20/h1-6,15H,7-14,16H2. The van der Waals surface area contributed by atoms with Crippen LogP contribution in [0.15, 0.2) is 47.5 Å². The summed E-state index contributed by atoms with van der Waals surface area (Å²) in [6, 6.07) is 9.88. The predicted molar refractivity (Wildman–Crippen MR) is 125 cm³/mol. The van der Waals surface area contributed by atoms with Gasteiger partial charge in [0.1, 0.15) is 5.82 Å². The summed E-state index contributed by atoms with van der Waals surface area (Å²) in [5.74, 6) is 0.921. The summed E-state index contributed by atoms with van der Waals surface area (Å²) in [5, 5.41) is 1.10. The molecule has 0 radical (unpaired) electrons. The van der Waals surface area contributed by atoms with Gasteiger partial charge in [-0.15, -0.1) is 0 Å². The van der Waals surface area contributed by atoms with Crippen LogP contribution in [0.4, 0.5) is 5.82 Å². The molecule has 11 heteroatoms. The SMILES string of the molecule is O=C(CN1CCN(c2ccc(Cl)cn2)CC1)N1CCN(S(=O)(=O)c2ccc(Cl)cc2)CC1. The van der Waals surface area contributed by atoms with E-state index in [0.717, 1.165) is 32.0 Å². The minimum atomic E-state index is -3.58. The van der Waals surface area contributed by atoms with Crippen LogP contribution >= 0.6 is 23.2 Å². The Bertz CT molecular complexity index is 1030. The summed E-state index contributed by atoms with van der Waals surface area (Å²) >= 11 is 11.8. The van der Waals surface area contributed by atoms with Gasteiger partial charge < -0.3 is 9.80 Å². The van der Waals surface area contributed by atoms with Crippen LogP contribution in [0.5, 0.6) is 0 Å². The van der Waals surface area contributed by atoms with Crippen LogP contribution in [0.25, 0.3) is 0 Å². The highest BCUT2D eigenvalue weighted by molar-refractivity contribution is 7.89. The molecule has 0 aliphatic carbocycles. The molecule has 0 bridgehead atoms. The van der Waals surface area contributed by atoms with Crippen LogP contribution < -0.4 is 4.90 Å². The van der Waals surface area contributed by atoms with Gasteiger partial charge in [0.15, 0.2) is 0 Å². The highest BCUT2D eigenvalue weighted by Gasteiger charge is 2.31. The molecule has 0 atom stereocenters. The van der Waals surface area contributed by atoms with E-state index in [1.807, 2.05) is 12.1 Å². The molecule has 0 saturated carbocycles. The van der Waals surface area contributed by atoms with Crippen LogP contribution in [0.3, 0.4) is 0 Å². The molecule has 1 amide bonds. The number of rotatable bonds is 5. The topological polar surface area (TPSA) is 77.1 Å². The van der Waals surface area contributed by atoms with Gasteiger partial charge in [-0.2, -0.15) is 4.31 Å². The quantitative estimate of drug-likeness (QED) is 0.628. The van der Waals surface area contributed by atoms with E-state index in [-0.39, 0.29) is 23.9 Å². The number of hydrogen-bond acceptors (Lipinski definition) is 6. The van der Waals surface area contributed by atoms with E-state index in [4.69, 9.17) is 23.2 Å². The molecular formula is C21H25Cl2N5O3S. The average molecular weight is 498 g/mol. The van der Waals surface area contributed by atoms with Gasteiger partial charge in [0.25, 0.3) is 0 Å². The summed E-state index contributed by atoms with van der Waals surface area (Å²) in [4.78, 5) is 23.4. The first-order valence-corrected chi connectivity index (χ1v) is 12.6.